The molecule has 0 atom stereocenters. The standard InChI is InChI=1S/C14H12BrF2NO/c1-8-2-3-9(7-18)4-12(8)19-13-6-10(15)5-11(16)14(13)17/h2-6H,7,18H2,1H3. The van der Waals surface area contributed by atoms with Gasteiger partial charge in [-0.1, -0.05) is 28.1 Å². The number of halogens is 3. The van der Waals surface area contributed by atoms with E-state index in [2.05, 4.69) is 15.9 Å². The molecule has 0 fully saturated rings. The third kappa shape index (κ3) is 3.11. The molecule has 2 aromatic carbocycles. The number of aryl methyl sites for hydroxylation is 1. The lowest BCUT2D eigenvalue weighted by atomic mass is 10.1. The van der Waals surface area contributed by atoms with Crippen molar-refractivity contribution in [2.24, 2.45) is 5.73 Å². The molecule has 0 radical (unpaired) electrons. The number of rotatable bonds is 3. The van der Waals surface area contributed by atoms with Crippen molar-refractivity contribution >= 4 is 15.9 Å². The second-order valence-electron chi connectivity index (χ2n) is 4.11. The summed E-state index contributed by atoms with van der Waals surface area (Å²) < 4.78 is 32.8. The zero-order valence-corrected chi connectivity index (χ0v) is 11.8. The summed E-state index contributed by atoms with van der Waals surface area (Å²) in [4.78, 5) is 0. The van der Waals surface area contributed by atoms with Gasteiger partial charge in [0.15, 0.2) is 11.6 Å². The van der Waals surface area contributed by atoms with Crippen LogP contribution in [0.2, 0.25) is 0 Å². The van der Waals surface area contributed by atoms with Gasteiger partial charge in [0.2, 0.25) is 5.82 Å². The van der Waals surface area contributed by atoms with Gasteiger partial charge in [-0.3, -0.25) is 0 Å². The molecule has 0 saturated carbocycles. The van der Waals surface area contributed by atoms with E-state index in [1.54, 1.807) is 6.07 Å². The van der Waals surface area contributed by atoms with Gasteiger partial charge < -0.3 is 10.5 Å². The van der Waals surface area contributed by atoms with Crippen LogP contribution in [0.1, 0.15) is 11.1 Å². The molecule has 0 aliphatic rings. The molecule has 2 nitrogen and oxygen atoms in total. The predicted molar refractivity (Wildman–Crippen MR) is 73.2 cm³/mol. The van der Waals surface area contributed by atoms with Crippen molar-refractivity contribution in [3.63, 3.8) is 0 Å². The Morgan fingerprint density at radius 1 is 1.16 bits per heavy atom. The Morgan fingerprint density at radius 3 is 2.58 bits per heavy atom. The first-order chi connectivity index (χ1) is 9.01. The van der Waals surface area contributed by atoms with E-state index in [1.165, 1.54) is 6.07 Å². The number of hydrogen-bond acceptors (Lipinski definition) is 2. The highest BCUT2D eigenvalue weighted by molar-refractivity contribution is 9.10. The van der Waals surface area contributed by atoms with E-state index in [-0.39, 0.29) is 5.75 Å². The molecule has 0 unspecified atom stereocenters. The third-order valence-corrected chi connectivity index (χ3v) is 3.13. The monoisotopic (exact) mass is 327 g/mol. The van der Waals surface area contributed by atoms with Crippen molar-refractivity contribution in [3.8, 4) is 11.5 Å². The van der Waals surface area contributed by atoms with Crippen molar-refractivity contribution in [3.05, 3.63) is 57.6 Å². The molecule has 0 amide bonds. The minimum absolute atomic E-state index is 0.163. The summed E-state index contributed by atoms with van der Waals surface area (Å²) in [6, 6.07) is 7.83. The Labute approximate surface area is 118 Å². The lowest BCUT2D eigenvalue weighted by Crippen LogP contribution is -1.98. The summed E-state index contributed by atoms with van der Waals surface area (Å²) in [6.45, 7) is 2.17. The number of nitrogens with two attached hydrogens (primary N) is 1. The molecule has 0 aliphatic heterocycles. The molecular weight excluding hydrogens is 316 g/mol. The minimum Gasteiger partial charge on any atom is -0.454 e. The number of hydrogen-bond donors (Lipinski definition) is 1. The van der Waals surface area contributed by atoms with Crippen LogP contribution in [0.25, 0.3) is 0 Å². The first-order valence-corrected chi connectivity index (χ1v) is 6.42. The van der Waals surface area contributed by atoms with Crippen LogP contribution in [0.15, 0.2) is 34.8 Å². The molecule has 0 bridgehead atoms. The van der Waals surface area contributed by atoms with Crippen LogP contribution < -0.4 is 10.5 Å². The smallest absolute Gasteiger partial charge is 0.201 e. The lowest BCUT2D eigenvalue weighted by molar-refractivity contribution is 0.413. The van der Waals surface area contributed by atoms with Crippen LogP contribution in [-0.2, 0) is 6.54 Å². The zero-order chi connectivity index (χ0) is 14.0. The molecule has 2 N–H and O–H groups in total. The fourth-order valence-corrected chi connectivity index (χ4v) is 2.02. The highest BCUT2D eigenvalue weighted by atomic mass is 79.9. The summed E-state index contributed by atoms with van der Waals surface area (Å²) in [5.41, 5.74) is 7.22. The van der Waals surface area contributed by atoms with E-state index >= 15 is 0 Å². The second kappa shape index (κ2) is 5.67. The van der Waals surface area contributed by atoms with E-state index in [9.17, 15) is 8.78 Å². The first kappa shape index (κ1) is 14.0. The molecule has 5 heteroatoms. The fourth-order valence-electron chi connectivity index (χ4n) is 1.61. The Kier molecular flexibility index (Phi) is 4.17. The molecule has 19 heavy (non-hydrogen) atoms. The van der Waals surface area contributed by atoms with Gasteiger partial charge in [-0.25, -0.2) is 4.39 Å². The van der Waals surface area contributed by atoms with Gasteiger partial charge in [0, 0.05) is 11.0 Å². The number of ether oxygens (including phenoxy) is 1. The molecule has 0 aromatic heterocycles. The summed E-state index contributed by atoms with van der Waals surface area (Å²) >= 11 is 3.10. The van der Waals surface area contributed by atoms with E-state index in [0.717, 1.165) is 17.2 Å². The van der Waals surface area contributed by atoms with Crippen molar-refractivity contribution in [1.29, 1.82) is 0 Å². The van der Waals surface area contributed by atoms with E-state index < -0.39 is 11.6 Å². The van der Waals surface area contributed by atoms with Crippen molar-refractivity contribution < 1.29 is 13.5 Å². The van der Waals surface area contributed by atoms with Gasteiger partial charge in [0.05, 0.1) is 0 Å². The lowest BCUT2D eigenvalue weighted by Gasteiger charge is -2.11. The summed E-state index contributed by atoms with van der Waals surface area (Å²) in [5, 5.41) is 0. The van der Waals surface area contributed by atoms with Crippen LogP contribution in [0.3, 0.4) is 0 Å². The van der Waals surface area contributed by atoms with Crippen LogP contribution in [0.5, 0.6) is 11.5 Å². The SMILES string of the molecule is Cc1ccc(CN)cc1Oc1cc(Br)cc(F)c1F. The highest BCUT2D eigenvalue weighted by Gasteiger charge is 2.13. The van der Waals surface area contributed by atoms with Crippen molar-refractivity contribution in [2.75, 3.05) is 0 Å². The Balaban J connectivity index is 2.41. The molecule has 0 spiro atoms. The van der Waals surface area contributed by atoms with E-state index in [4.69, 9.17) is 10.5 Å². The van der Waals surface area contributed by atoms with Gasteiger partial charge in [-0.2, -0.15) is 4.39 Å². The van der Waals surface area contributed by atoms with Crippen LogP contribution >= 0.6 is 15.9 Å². The average Bonchev–Trinajstić information content (AvgIpc) is 2.38. The second-order valence-corrected chi connectivity index (χ2v) is 5.02. The third-order valence-electron chi connectivity index (χ3n) is 2.67. The van der Waals surface area contributed by atoms with Gasteiger partial charge in [-0.05, 0) is 36.2 Å². The maximum atomic E-state index is 13.6. The van der Waals surface area contributed by atoms with Crippen LogP contribution in [0, 0.1) is 18.6 Å². The maximum absolute atomic E-state index is 13.6. The highest BCUT2D eigenvalue weighted by Crippen LogP contribution is 2.31. The molecular formula is C14H12BrF2NO. The predicted octanol–water partition coefficient (Wildman–Crippen LogP) is 4.29. The Hall–Kier alpha value is -1.46. The van der Waals surface area contributed by atoms with Crippen LogP contribution in [0.4, 0.5) is 8.78 Å². The Morgan fingerprint density at radius 2 is 1.89 bits per heavy atom. The fraction of sp³-hybridized carbons (Fsp3) is 0.143. The Bertz CT molecular complexity index is 617. The zero-order valence-electron chi connectivity index (χ0n) is 10.2. The largest absolute Gasteiger partial charge is 0.454 e. The maximum Gasteiger partial charge on any atom is 0.201 e. The van der Waals surface area contributed by atoms with Gasteiger partial charge in [0.1, 0.15) is 5.75 Å². The van der Waals surface area contributed by atoms with Crippen molar-refractivity contribution in [1.82, 2.24) is 0 Å². The van der Waals surface area contributed by atoms with E-state index in [1.807, 2.05) is 19.1 Å². The number of benzene rings is 2. The molecule has 0 aliphatic carbocycles. The van der Waals surface area contributed by atoms with Gasteiger partial charge in [-0.15, -0.1) is 0 Å². The topological polar surface area (TPSA) is 35.2 Å². The van der Waals surface area contributed by atoms with Gasteiger partial charge >= 0.3 is 0 Å². The quantitative estimate of drug-likeness (QED) is 0.853. The summed E-state index contributed by atoms with van der Waals surface area (Å²) in [6.07, 6.45) is 0. The molecule has 0 heterocycles. The molecule has 0 saturated heterocycles. The van der Waals surface area contributed by atoms with Crippen molar-refractivity contribution in [2.45, 2.75) is 13.5 Å². The van der Waals surface area contributed by atoms with E-state index in [0.29, 0.717) is 16.8 Å². The molecule has 2 rings (SSSR count). The normalized spacial score (nSPS) is 10.6. The minimum atomic E-state index is -1.01. The summed E-state index contributed by atoms with van der Waals surface area (Å²) in [5.74, 6) is -1.68. The van der Waals surface area contributed by atoms with Gasteiger partial charge in [0.25, 0.3) is 0 Å². The first-order valence-electron chi connectivity index (χ1n) is 5.63. The van der Waals surface area contributed by atoms with Crippen LogP contribution in [-0.4, -0.2) is 0 Å². The average molecular weight is 328 g/mol. The molecule has 2 aromatic rings. The molecule has 100 valence electrons. The summed E-state index contributed by atoms with van der Waals surface area (Å²) in [7, 11) is 0.